The highest BCUT2D eigenvalue weighted by Crippen LogP contribution is 2.29. The lowest BCUT2D eigenvalue weighted by atomic mass is 10.3. The van der Waals surface area contributed by atoms with E-state index in [1.165, 1.54) is 11.3 Å². The van der Waals surface area contributed by atoms with Crippen LogP contribution in [-0.2, 0) is 0 Å². The Morgan fingerprint density at radius 1 is 1.16 bits per heavy atom. The van der Waals surface area contributed by atoms with Crippen molar-refractivity contribution in [3.8, 4) is 10.6 Å². The van der Waals surface area contributed by atoms with Crippen molar-refractivity contribution in [2.45, 2.75) is 25.8 Å². The number of rotatable bonds is 5. The van der Waals surface area contributed by atoms with Gasteiger partial charge in [0.25, 0.3) is 5.91 Å². The molecule has 1 amide bonds. The van der Waals surface area contributed by atoms with E-state index in [9.17, 15) is 4.79 Å². The predicted octanol–water partition coefficient (Wildman–Crippen LogP) is 4.15. The Kier molecular flexibility index (Phi) is 4.19. The Hall–Kier alpha value is -2.73. The van der Waals surface area contributed by atoms with Gasteiger partial charge in [-0.25, -0.2) is 9.97 Å². The molecule has 0 unspecified atom stereocenters. The third-order valence-electron chi connectivity index (χ3n) is 3.92. The molecule has 1 aliphatic carbocycles. The topological polar surface area (TPSA) is 66.9 Å². The van der Waals surface area contributed by atoms with Gasteiger partial charge in [0.05, 0.1) is 15.4 Å². The van der Waals surface area contributed by atoms with Gasteiger partial charge < -0.3 is 10.6 Å². The number of aryl methyl sites for hydroxylation is 1. The number of hydrogen-bond donors (Lipinski definition) is 2. The fraction of sp³-hybridized carbons (Fsp3) is 0.211. The predicted molar refractivity (Wildman–Crippen MR) is 100 cm³/mol. The summed E-state index contributed by atoms with van der Waals surface area (Å²) in [6.45, 7) is 2.02. The number of nitrogens with zero attached hydrogens (tertiary/aromatic N) is 2. The molecule has 3 heterocycles. The minimum atomic E-state index is 0.0111. The van der Waals surface area contributed by atoms with Crippen molar-refractivity contribution < 1.29 is 4.79 Å². The Bertz CT molecular complexity index is 917. The summed E-state index contributed by atoms with van der Waals surface area (Å²) < 4.78 is 0. The summed E-state index contributed by atoms with van der Waals surface area (Å²) in [7, 11) is 0. The van der Waals surface area contributed by atoms with E-state index < -0.39 is 0 Å². The van der Waals surface area contributed by atoms with Crippen molar-refractivity contribution in [3.63, 3.8) is 0 Å². The molecule has 1 aliphatic rings. The molecule has 3 aromatic rings. The van der Waals surface area contributed by atoms with Gasteiger partial charge in [-0.1, -0.05) is 6.07 Å². The maximum atomic E-state index is 12.1. The third-order valence-corrected chi connectivity index (χ3v) is 5.02. The molecule has 0 aromatic carbocycles. The van der Waals surface area contributed by atoms with Crippen LogP contribution in [0.3, 0.4) is 0 Å². The maximum Gasteiger partial charge on any atom is 0.261 e. The summed E-state index contributed by atoms with van der Waals surface area (Å²) in [5.74, 6) is 1.50. The first kappa shape index (κ1) is 15.8. The first-order valence-corrected chi connectivity index (χ1v) is 9.07. The van der Waals surface area contributed by atoms with Crippen LogP contribution < -0.4 is 10.6 Å². The summed E-state index contributed by atoms with van der Waals surface area (Å²) in [5, 5.41) is 6.24. The molecule has 1 saturated carbocycles. The molecule has 6 heteroatoms. The molecule has 3 aromatic heterocycles. The first-order valence-electron chi connectivity index (χ1n) is 8.25. The highest BCUT2D eigenvalue weighted by molar-refractivity contribution is 7.17. The molecule has 126 valence electrons. The van der Waals surface area contributed by atoms with Gasteiger partial charge >= 0.3 is 0 Å². The molecule has 5 nitrogen and oxygen atoms in total. The van der Waals surface area contributed by atoms with E-state index in [0.717, 1.165) is 45.5 Å². The van der Waals surface area contributed by atoms with E-state index in [2.05, 4.69) is 20.6 Å². The van der Waals surface area contributed by atoms with Crippen LogP contribution in [0.2, 0.25) is 0 Å². The normalized spacial score (nSPS) is 13.5. The highest BCUT2D eigenvalue weighted by Gasteiger charge is 2.24. The van der Waals surface area contributed by atoms with E-state index >= 15 is 0 Å². The van der Waals surface area contributed by atoms with Crippen molar-refractivity contribution in [2.24, 2.45) is 0 Å². The second kappa shape index (κ2) is 6.64. The van der Waals surface area contributed by atoms with Gasteiger partial charge in [-0.2, -0.15) is 0 Å². The van der Waals surface area contributed by atoms with E-state index in [1.54, 1.807) is 6.20 Å². The van der Waals surface area contributed by atoms with Gasteiger partial charge in [0.1, 0.15) is 11.6 Å². The summed E-state index contributed by atoms with van der Waals surface area (Å²) in [6, 6.07) is 13.9. The van der Waals surface area contributed by atoms with Gasteiger partial charge in [-0.05, 0) is 61.7 Å². The fourth-order valence-electron chi connectivity index (χ4n) is 2.46. The average Bonchev–Trinajstić information content (AvgIpc) is 3.27. The van der Waals surface area contributed by atoms with Crippen molar-refractivity contribution in [1.82, 2.24) is 15.3 Å². The minimum absolute atomic E-state index is 0.0111. The summed E-state index contributed by atoms with van der Waals surface area (Å²) in [6.07, 6.45) is 3.95. The second-order valence-electron chi connectivity index (χ2n) is 6.16. The molecule has 1 fully saturated rings. The monoisotopic (exact) mass is 350 g/mol. The number of amides is 1. The average molecular weight is 350 g/mol. The molecule has 4 rings (SSSR count). The summed E-state index contributed by atoms with van der Waals surface area (Å²) in [4.78, 5) is 22.8. The molecule has 0 atom stereocenters. The molecular weight excluding hydrogens is 332 g/mol. The number of carbonyl (C=O) groups excluding carboxylic acids is 1. The standard InChI is InChI=1S/C19H18N4OS/c1-12-9-10-20-18(11-12)23-17-4-2-3-14(22-17)15-7-8-16(25-15)19(24)21-13-5-6-13/h2-4,7-11,13H,5-6H2,1H3,(H,21,24)(H,20,22,23). The van der Waals surface area contributed by atoms with Crippen LogP contribution in [0.4, 0.5) is 11.6 Å². The molecule has 0 saturated heterocycles. The number of anilines is 2. The molecular formula is C19H18N4OS. The van der Waals surface area contributed by atoms with Crippen LogP contribution in [0.15, 0.2) is 48.7 Å². The van der Waals surface area contributed by atoms with Crippen LogP contribution in [0.25, 0.3) is 10.6 Å². The Morgan fingerprint density at radius 3 is 2.84 bits per heavy atom. The van der Waals surface area contributed by atoms with E-state index in [1.807, 2.05) is 49.4 Å². The largest absolute Gasteiger partial charge is 0.349 e. The number of thiophene rings is 1. The van der Waals surface area contributed by atoms with Gasteiger partial charge in [0.15, 0.2) is 0 Å². The van der Waals surface area contributed by atoms with Gasteiger partial charge in [0, 0.05) is 12.2 Å². The lowest BCUT2D eigenvalue weighted by Crippen LogP contribution is -2.24. The molecule has 25 heavy (non-hydrogen) atoms. The Labute approximate surface area is 150 Å². The van der Waals surface area contributed by atoms with Gasteiger partial charge in [-0.15, -0.1) is 11.3 Å². The Morgan fingerprint density at radius 2 is 2.04 bits per heavy atom. The summed E-state index contributed by atoms with van der Waals surface area (Å²) >= 11 is 1.46. The van der Waals surface area contributed by atoms with Crippen molar-refractivity contribution in [3.05, 3.63) is 59.1 Å². The maximum absolute atomic E-state index is 12.1. The van der Waals surface area contributed by atoms with Crippen LogP contribution >= 0.6 is 11.3 Å². The molecule has 0 radical (unpaired) electrons. The van der Waals surface area contributed by atoms with Crippen molar-refractivity contribution >= 4 is 28.9 Å². The van der Waals surface area contributed by atoms with Gasteiger partial charge in [-0.3, -0.25) is 4.79 Å². The molecule has 0 aliphatic heterocycles. The zero-order valence-corrected chi connectivity index (χ0v) is 14.6. The van der Waals surface area contributed by atoms with Gasteiger partial charge in [0.2, 0.25) is 0 Å². The molecule has 0 bridgehead atoms. The Balaban J connectivity index is 1.53. The van der Waals surface area contributed by atoms with Crippen molar-refractivity contribution in [1.29, 1.82) is 0 Å². The highest BCUT2D eigenvalue weighted by atomic mass is 32.1. The quantitative estimate of drug-likeness (QED) is 0.725. The third kappa shape index (κ3) is 3.85. The second-order valence-corrected chi connectivity index (χ2v) is 7.25. The molecule has 2 N–H and O–H groups in total. The number of nitrogens with one attached hydrogen (secondary N) is 2. The fourth-order valence-corrected chi connectivity index (χ4v) is 3.34. The minimum Gasteiger partial charge on any atom is -0.349 e. The zero-order chi connectivity index (χ0) is 17.2. The van der Waals surface area contributed by atoms with Crippen LogP contribution in [0.1, 0.15) is 28.1 Å². The first-order chi connectivity index (χ1) is 12.2. The van der Waals surface area contributed by atoms with E-state index in [4.69, 9.17) is 0 Å². The van der Waals surface area contributed by atoms with Crippen LogP contribution in [-0.4, -0.2) is 21.9 Å². The molecule has 0 spiro atoms. The number of aromatic nitrogens is 2. The smallest absolute Gasteiger partial charge is 0.261 e. The lowest BCUT2D eigenvalue weighted by Gasteiger charge is -2.06. The van der Waals surface area contributed by atoms with Crippen LogP contribution in [0.5, 0.6) is 0 Å². The lowest BCUT2D eigenvalue weighted by molar-refractivity contribution is 0.0955. The zero-order valence-electron chi connectivity index (χ0n) is 13.8. The number of carbonyl (C=O) groups is 1. The van der Waals surface area contributed by atoms with E-state index in [-0.39, 0.29) is 5.91 Å². The SMILES string of the molecule is Cc1ccnc(Nc2cccc(-c3ccc(C(=O)NC4CC4)s3)n2)c1. The van der Waals surface area contributed by atoms with E-state index in [0.29, 0.717) is 6.04 Å². The van der Waals surface area contributed by atoms with Crippen molar-refractivity contribution in [2.75, 3.05) is 5.32 Å². The summed E-state index contributed by atoms with van der Waals surface area (Å²) in [5.41, 5.74) is 1.98. The van der Waals surface area contributed by atoms with Crippen LogP contribution in [0, 0.1) is 6.92 Å². The number of hydrogen-bond acceptors (Lipinski definition) is 5. The number of pyridine rings is 2.